The van der Waals surface area contributed by atoms with E-state index < -0.39 is 0 Å². The molecule has 1 fully saturated rings. The zero-order valence-electron chi connectivity index (χ0n) is 14.0. The predicted octanol–water partition coefficient (Wildman–Crippen LogP) is 3.16. The van der Waals surface area contributed by atoms with Crippen LogP contribution in [0.1, 0.15) is 25.0 Å². The van der Waals surface area contributed by atoms with Gasteiger partial charge in [0, 0.05) is 11.6 Å². The van der Waals surface area contributed by atoms with Crippen molar-refractivity contribution in [1.82, 2.24) is 25.2 Å². The minimum absolute atomic E-state index is 0. The van der Waals surface area contributed by atoms with Gasteiger partial charge < -0.3 is 5.32 Å². The summed E-state index contributed by atoms with van der Waals surface area (Å²) in [5.74, 6) is 0.864. The molecule has 0 amide bonds. The molecule has 7 heteroatoms. The van der Waals surface area contributed by atoms with E-state index in [9.17, 15) is 0 Å². The van der Waals surface area contributed by atoms with E-state index in [1.165, 1.54) is 19.3 Å². The van der Waals surface area contributed by atoms with Gasteiger partial charge in [0.15, 0.2) is 0 Å². The summed E-state index contributed by atoms with van der Waals surface area (Å²) < 4.78 is 1.81. The topological polar surface area (TPSA) is 46.0 Å². The summed E-state index contributed by atoms with van der Waals surface area (Å²) in [6.45, 7) is 4.32. The number of rotatable bonds is 6. The van der Waals surface area contributed by atoms with Gasteiger partial charge in [-0.2, -0.15) is 0 Å². The summed E-state index contributed by atoms with van der Waals surface area (Å²) in [5.41, 5.74) is 2.01. The van der Waals surface area contributed by atoms with Crippen LogP contribution >= 0.6 is 24.0 Å². The molecule has 1 N–H and O–H groups in total. The molecule has 132 valence electrons. The molecule has 1 aliphatic rings. The standard InChI is InChI=1S/C17H24ClN5.ClH/c1-19-9-6-14-7-10-22(11-8-14)12-16-13-23(21-20-16)17-4-2-15(18)3-5-17;/h2-5,13-14,19H,6-12H2,1H3;1H. The van der Waals surface area contributed by atoms with Gasteiger partial charge in [-0.15, -0.1) is 17.5 Å². The molecule has 0 aliphatic carbocycles. The van der Waals surface area contributed by atoms with Crippen LogP contribution in [0.2, 0.25) is 5.02 Å². The second kappa shape index (κ2) is 9.37. The Morgan fingerprint density at radius 3 is 2.58 bits per heavy atom. The van der Waals surface area contributed by atoms with Gasteiger partial charge in [-0.25, -0.2) is 4.68 Å². The van der Waals surface area contributed by atoms with Crippen molar-refractivity contribution < 1.29 is 0 Å². The molecule has 5 nitrogen and oxygen atoms in total. The normalized spacial score (nSPS) is 16.1. The monoisotopic (exact) mass is 369 g/mol. The first-order valence-corrected chi connectivity index (χ1v) is 8.66. The highest BCUT2D eigenvalue weighted by Crippen LogP contribution is 2.21. The van der Waals surface area contributed by atoms with Crippen molar-refractivity contribution >= 4 is 24.0 Å². The van der Waals surface area contributed by atoms with E-state index in [-0.39, 0.29) is 12.4 Å². The Bertz CT molecular complexity index is 606. The van der Waals surface area contributed by atoms with Crippen molar-refractivity contribution in [2.45, 2.75) is 25.8 Å². The van der Waals surface area contributed by atoms with Crippen LogP contribution in [0, 0.1) is 5.92 Å². The van der Waals surface area contributed by atoms with Crippen LogP contribution in [0.25, 0.3) is 5.69 Å². The number of hydrogen-bond donors (Lipinski definition) is 1. The summed E-state index contributed by atoms with van der Waals surface area (Å²) in [5, 5.41) is 12.5. The molecule has 0 unspecified atom stereocenters. The van der Waals surface area contributed by atoms with Gasteiger partial charge >= 0.3 is 0 Å². The Labute approximate surface area is 154 Å². The molecule has 3 rings (SSSR count). The fourth-order valence-corrected chi connectivity index (χ4v) is 3.23. The highest BCUT2D eigenvalue weighted by molar-refractivity contribution is 6.30. The third-order valence-corrected chi connectivity index (χ3v) is 4.78. The molecule has 2 heterocycles. The average Bonchev–Trinajstić information content (AvgIpc) is 3.03. The third kappa shape index (κ3) is 5.18. The first kappa shape index (κ1) is 19.2. The molecule has 2 aromatic rings. The van der Waals surface area contributed by atoms with E-state index in [2.05, 4.69) is 20.5 Å². The third-order valence-electron chi connectivity index (χ3n) is 4.53. The molecule has 1 aliphatic heterocycles. The van der Waals surface area contributed by atoms with Crippen LogP contribution in [-0.2, 0) is 6.54 Å². The molecule has 1 aromatic carbocycles. The summed E-state index contributed by atoms with van der Waals surface area (Å²) in [6, 6.07) is 7.64. The van der Waals surface area contributed by atoms with Crippen molar-refractivity contribution in [3.63, 3.8) is 0 Å². The van der Waals surface area contributed by atoms with Gasteiger partial charge in [-0.05, 0) is 76.1 Å². The van der Waals surface area contributed by atoms with Crippen molar-refractivity contribution in [2.24, 2.45) is 5.92 Å². The van der Waals surface area contributed by atoms with Gasteiger partial charge in [-0.1, -0.05) is 16.8 Å². The van der Waals surface area contributed by atoms with Crippen LogP contribution in [0.5, 0.6) is 0 Å². The molecule has 0 saturated carbocycles. The van der Waals surface area contributed by atoms with Gasteiger partial charge in [-0.3, -0.25) is 4.90 Å². The molecule has 1 saturated heterocycles. The van der Waals surface area contributed by atoms with Crippen molar-refractivity contribution in [3.05, 3.63) is 41.2 Å². The van der Waals surface area contributed by atoms with Gasteiger partial charge in [0.2, 0.25) is 0 Å². The second-order valence-corrected chi connectivity index (χ2v) is 6.68. The van der Waals surface area contributed by atoms with E-state index in [1.54, 1.807) is 0 Å². The summed E-state index contributed by atoms with van der Waals surface area (Å²) in [4.78, 5) is 2.48. The molecule has 0 bridgehead atoms. The maximum Gasteiger partial charge on any atom is 0.0971 e. The van der Waals surface area contributed by atoms with E-state index in [0.29, 0.717) is 0 Å². The lowest BCUT2D eigenvalue weighted by atomic mass is 9.93. The summed E-state index contributed by atoms with van der Waals surface area (Å²) in [6.07, 6.45) is 5.87. The van der Waals surface area contributed by atoms with E-state index in [4.69, 9.17) is 11.6 Å². The zero-order chi connectivity index (χ0) is 16.1. The maximum absolute atomic E-state index is 5.92. The Balaban J connectivity index is 0.00000208. The molecule has 24 heavy (non-hydrogen) atoms. The van der Waals surface area contributed by atoms with Crippen LogP contribution in [0.4, 0.5) is 0 Å². The second-order valence-electron chi connectivity index (χ2n) is 6.24. The molecular formula is C17H25Cl2N5. The highest BCUT2D eigenvalue weighted by Gasteiger charge is 2.19. The number of hydrogen-bond acceptors (Lipinski definition) is 4. The van der Waals surface area contributed by atoms with Crippen LogP contribution in [-0.4, -0.2) is 46.6 Å². The number of piperidine rings is 1. The lowest BCUT2D eigenvalue weighted by Gasteiger charge is -2.31. The molecule has 0 spiro atoms. The molecule has 1 aromatic heterocycles. The predicted molar refractivity (Wildman–Crippen MR) is 100 cm³/mol. The SMILES string of the molecule is CNCCC1CCN(Cc2cn(-c3ccc(Cl)cc3)nn2)CC1.Cl. The Morgan fingerprint density at radius 1 is 1.21 bits per heavy atom. The number of aromatic nitrogens is 3. The first-order chi connectivity index (χ1) is 11.2. The van der Waals surface area contributed by atoms with Crippen LogP contribution in [0.15, 0.2) is 30.5 Å². The number of nitrogens with one attached hydrogen (secondary N) is 1. The number of halogens is 2. The smallest absolute Gasteiger partial charge is 0.0971 e. The summed E-state index contributed by atoms with van der Waals surface area (Å²) >= 11 is 5.92. The lowest BCUT2D eigenvalue weighted by Crippen LogP contribution is -2.34. The van der Waals surface area contributed by atoms with Crippen LogP contribution in [0.3, 0.4) is 0 Å². The Hall–Kier alpha value is -1.14. The molecule has 0 radical (unpaired) electrons. The Kier molecular flexibility index (Phi) is 7.49. The lowest BCUT2D eigenvalue weighted by molar-refractivity contribution is 0.170. The highest BCUT2D eigenvalue weighted by atomic mass is 35.5. The van der Waals surface area contributed by atoms with E-state index >= 15 is 0 Å². The minimum atomic E-state index is 0. The number of benzene rings is 1. The summed E-state index contributed by atoms with van der Waals surface area (Å²) in [7, 11) is 2.03. The van der Waals surface area contributed by atoms with Crippen molar-refractivity contribution in [2.75, 3.05) is 26.7 Å². The van der Waals surface area contributed by atoms with E-state index in [1.807, 2.05) is 42.2 Å². The van der Waals surface area contributed by atoms with Crippen molar-refractivity contribution in [3.8, 4) is 5.69 Å². The van der Waals surface area contributed by atoms with Crippen molar-refractivity contribution in [1.29, 1.82) is 0 Å². The fraction of sp³-hybridized carbons (Fsp3) is 0.529. The molecular weight excluding hydrogens is 345 g/mol. The number of nitrogens with zero attached hydrogens (tertiary/aromatic N) is 4. The van der Waals surface area contributed by atoms with Gasteiger partial charge in [0.25, 0.3) is 0 Å². The average molecular weight is 370 g/mol. The zero-order valence-corrected chi connectivity index (χ0v) is 15.6. The first-order valence-electron chi connectivity index (χ1n) is 8.28. The minimum Gasteiger partial charge on any atom is -0.320 e. The largest absolute Gasteiger partial charge is 0.320 e. The maximum atomic E-state index is 5.92. The van der Waals surface area contributed by atoms with E-state index in [0.717, 1.165) is 48.5 Å². The van der Waals surface area contributed by atoms with Gasteiger partial charge in [0.1, 0.15) is 0 Å². The van der Waals surface area contributed by atoms with Gasteiger partial charge in [0.05, 0.1) is 17.6 Å². The Morgan fingerprint density at radius 2 is 1.92 bits per heavy atom. The quantitative estimate of drug-likeness (QED) is 0.849. The fourth-order valence-electron chi connectivity index (χ4n) is 3.10. The molecule has 0 atom stereocenters. The van der Waals surface area contributed by atoms with Crippen LogP contribution < -0.4 is 5.32 Å². The number of likely N-dealkylation sites (tertiary alicyclic amines) is 1.